The molecule has 0 aliphatic carbocycles. The average Bonchev–Trinajstić information content (AvgIpc) is 3.11. The topological polar surface area (TPSA) is 57.8 Å². The molecule has 1 aliphatic heterocycles. The van der Waals surface area contributed by atoms with Crippen LogP contribution >= 0.6 is 7.14 Å². The third-order valence-electron chi connectivity index (χ3n) is 8.61. The zero-order chi connectivity index (χ0) is 29.5. The second-order valence-electron chi connectivity index (χ2n) is 11.1. The number of para-hydroxylation sites is 1. The molecule has 1 atom stereocenters. The van der Waals surface area contributed by atoms with Crippen LogP contribution in [0.1, 0.15) is 17.2 Å². The lowest BCUT2D eigenvalue weighted by Crippen LogP contribution is -2.32. The van der Waals surface area contributed by atoms with Gasteiger partial charge in [0, 0.05) is 32.6 Å². The maximum Gasteiger partial charge on any atom is 0.172 e. The second kappa shape index (κ2) is 11.7. The molecule has 0 spiro atoms. The van der Waals surface area contributed by atoms with Crippen LogP contribution in [0.2, 0.25) is 0 Å². The maximum absolute atomic E-state index is 16.4. The van der Waals surface area contributed by atoms with Crippen LogP contribution in [0.5, 0.6) is 5.75 Å². The van der Waals surface area contributed by atoms with Gasteiger partial charge < -0.3 is 14.8 Å². The van der Waals surface area contributed by atoms with Gasteiger partial charge in [-0.3, -0.25) is 0 Å². The first-order valence-corrected chi connectivity index (χ1v) is 16.6. The van der Waals surface area contributed by atoms with Gasteiger partial charge in [0.15, 0.2) is 13.2 Å². The Labute approximate surface area is 263 Å². The zero-order valence-corrected chi connectivity index (χ0v) is 25.4. The smallest absolute Gasteiger partial charge is 0.172 e. The van der Waals surface area contributed by atoms with Gasteiger partial charge in [0.1, 0.15) is 5.75 Å². The molecule has 0 aromatic heterocycles. The van der Waals surface area contributed by atoms with E-state index in [0.717, 1.165) is 65.8 Å². The standard InChI is InChI=1S/C41H29O2P.H2O/c42-44(31-21-9-3-10-22-31,32-23-11-4-12-24-32)41-34-26-14-13-25-33(34)37(29-17-5-1-6-18-29)38-35-27-15-16-28-36(35)43-40(39(38)41)30-19-7-2-8-20-30;/h1-28,40H;1H2/t40-;/m0./s1. The van der Waals surface area contributed by atoms with E-state index in [1.807, 2.05) is 91.0 Å². The SMILES string of the molecule is O.O=P(c1ccccc1)(c1ccccc1)c1c2c(c(-c3ccccc3)c3ccccc13)-c1ccccc1O[C@H]2c1ccccc1. The van der Waals surface area contributed by atoms with Crippen molar-refractivity contribution in [2.24, 2.45) is 0 Å². The monoisotopic (exact) mass is 602 g/mol. The third kappa shape index (κ3) is 4.60. The lowest BCUT2D eigenvalue weighted by atomic mass is 9.81. The van der Waals surface area contributed by atoms with Crippen LogP contribution in [-0.2, 0) is 4.57 Å². The molecule has 0 radical (unpaired) electrons. The summed E-state index contributed by atoms with van der Waals surface area (Å²) in [6.07, 6.45) is -0.469. The fourth-order valence-corrected chi connectivity index (χ4v) is 9.83. The maximum atomic E-state index is 16.4. The summed E-state index contributed by atoms with van der Waals surface area (Å²) >= 11 is 0. The van der Waals surface area contributed by atoms with E-state index in [1.165, 1.54) is 0 Å². The molecule has 0 saturated heterocycles. The van der Waals surface area contributed by atoms with E-state index in [2.05, 4.69) is 78.9 Å². The van der Waals surface area contributed by atoms with Gasteiger partial charge in [0.25, 0.3) is 0 Å². The van der Waals surface area contributed by atoms with Gasteiger partial charge >= 0.3 is 0 Å². The minimum Gasteiger partial charge on any atom is -0.480 e. The molecular formula is C41H31O3P. The first-order chi connectivity index (χ1) is 21.7. The largest absolute Gasteiger partial charge is 0.480 e. The normalized spacial score (nSPS) is 13.6. The Morgan fingerprint density at radius 1 is 0.489 bits per heavy atom. The van der Waals surface area contributed by atoms with Gasteiger partial charge in [0.2, 0.25) is 0 Å². The van der Waals surface area contributed by atoms with E-state index in [9.17, 15) is 0 Å². The third-order valence-corrected chi connectivity index (χ3v) is 11.8. The molecule has 45 heavy (non-hydrogen) atoms. The van der Waals surface area contributed by atoms with Gasteiger partial charge in [-0.05, 0) is 33.5 Å². The summed E-state index contributed by atoms with van der Waals surface area (Å²) in [6.45, 7) is 0. The molecule has 8 rings (SSSR count). The van der Waals surface area contributed by atoms with Crippen LogP contribution in [0, 0.1) is 0 Å². The Balaban J connectivity index is 0.00000325. The lowest BCUT2D eigenvalue weighted by molar-refractivity contribution is 0.245. The molecule has 4 heteroatoms. The van der Waals surface area contributed by atoms with Crippen molar-refractivity contribution in [3.63, 3.8) is 0 Å². The van der Waals surface area contributed by atoms with Gasteiger partial charge in [-0.1, -0.05) is 164 Å². The van der Waals surface area contributed by atoms with Crippen LogP contribution in [0.15, 0.2) is 170 Å². The van der Waals surface area contributed by atoms with Crippen molar-refractivity contribution in [3.8, 4) is 28.0 Å². The van der Waals surface area contributed by atoms with Crippen molar-refractivity contribution in [2.75, 3.05) is 0 Å². The fraction of sp³-hybridized carbons (Fsp3) is 0.0244. The summed E-state index contributed by atoms with van der Waals surface area (Å²) in [4.78, 5) is 0. The quantitative estimate of drug-likeness (QED) is 0.186. The molecule has 1 heterocycles. The van der Waals surface area contributed by atoms with Crippen LogP contribution in [0.4, 0.5) is 0 Å². The fourth-order valence-electron chi connectivity index (χ4n) is 6.73. The Morgan fingerprint density at radius 2 is 0.978 bits per heavy atom. The van der Waals surface area contributed by atoms with E-state index in [4.69, 9.17) is 4.74 Å². The Morgan fingerprint density at radius 3 is 1.60 bits per heavy atom. The van der Waals surface area contributed by atoms with E-state index >= 15 is 4.57 Å². The molecule has 1 aliphatic rings. The van der Waals surface area contributed by atoms with Crippen molar-refractivity contribution in [1.29, 1.82) is 0 Å². The van der Waals surface area contributed by atoms with Crippen molar-refractivity contribution in [3.05, 3.63) is 181 Å². The van der Waals surface area contributed by atoms with Crippen LogP contribution in [0.3, 0.4) is 0 Å². The van der Waals surface area contributed by atoms with Gasteiger partial charge in [-0.2, -0.15) is 0 Å². The van der Waals surface area contributed by atoms with Gasteiger partial charge in [-0.15, -0.1) is 0 Å². The molecular weight excluding hydrogens is 571 g/mol. The highest BCUT2D eigenvalue weighted by molar-refractivity contribution is 7.85. The summed E-state index contributed by atoms with van der Waals surface area (Å²) in [5.41, 5.74) is 6.31. The van der Waals surface area contributed by atoms with Crippen LogP contribution in [0.25, 0.3) is 33.0 Å². The number of hydrogen-bond donors (Lipinski definition) is 0. The molecule has 0 bridgehead atoms. The van der Waals surface area contributed by atoms with Gasteiger partial charge in [-0.25, -0.2) is 0 Å². The molecule has 218 valence electrons. The van der Waals surface area contributed by atoms with Crippen molar-refractivity contribution in [1.82, 2.24) is 0 Å². The molecule has 0 saturated carbocycles. The summed E-state index contributed by atoms with van der Waals surface area (Å²) in [5, 5.41) is 4.49. The second-order valence-corrected chi connectivity index (χ2v) is 13.8. The van der Waals surface area contributed by atoms with Crippen molar-refractivity contribution >= 4 is 33.8 Å². The number of hydrogen-bond acceptors (Lipinski definition) is 2. The van der Waals surface area contributed by atoms with E-state index in [1.54, 1.807) is 0 Å². The summed E-state index contributed by atoms with van der Waals surface area (Å²) in [5.74, 6) is 0.821. The molecule has 0 unspecified atom stereocenters. The Bertz CT molecular complexity index is 2120. The molecule has 2 N–H and O–H groups in total. The average molecular weight is 603 g/mol. The number of rotatable bonds is 5. The van der Waals surface area contributed by atoms with E-state index < -0.39 is 13.2 Å². The molecule has 7 aromatic carbocycles. The van der Waals surface area contributed by atoms with E-state index in [0.29, 0.717) is 0 Å². The predicted molar refractivity (Wildman–Crippen MR) is 187 cm³/mol. The van der Waals surface area contributed by atoms with Gasteiger partial charge in [0.05, 0.1) is 0 Å². The minimum absolute atomic E-state index is 0. The first-order valence-electron chi connectivity index (χ1n) is 14.9. The predicted octanol–water partition coefficient (Wildman–Crippen LogP) is 8.47. The Kier molecular flexibility index (Phi) is 7.43. The highest BCUT2D eigenvalue weighted by atomic mass is 31.2. The summed E-state index contributed by atoms with van der Waals surface area (Å²) in [6, 6.07) is 57.6. The highest BCUT2D eigenvalue weighted by Crippen LogP contribution is 2.56. The lowest BCUT2D eigenvalue weighted by Gasteiger charge is -2.36. The molecule has 7 aromatic rings. The summed E-state index contributed by atoms with van der Waals surface area (Å²) in [7, 11) is -3.44. The number of ether oxygens (including phenoxy) is 1. The zero-order valence-electron chi connectivity index (χ0n) is 24.5. The molecule has 3 nitrogen and oxygen atoms in total. The van der Waals surface area contributed by atoms with Crippen molar-refractivity contribution < 1.29 is 14.8 Å². The number of benzene rings is 7. The van der Waals surface area contributed by atoms with E-state index in [-0.39, 0.29) is 5.48 Å². The number of fused-ring (bicyclic) bond motifs is 4. The Hall–Kier alpha value is -5.21. The van der Waals surface area contributed by atoms with Crippen LogP contribution in [-0.4, -0.2) is 5.48 Å². The summed E-state index contributed by atoms with van der Waals surface area (Å²) < 4.78 is 23.4. The van der Waals surface area contributed by atoms with Crippen LogP contribution < -0.4 is 20.7 Å². The molecule has 0 amide bonds. The highest BCUT2D eigenvalue weighted by Gasteiger charge is 2.41. The minimum atomic E-state index is -3.44. The first kappa shape index (κ1) is 28.6. The van der Waals surface area contributed by atoms with Crippen molar-refractivity contribution in [2.45, 2.75) is 6.10 Å². The molecule has 0 fully saturated rings.